The monoisotopic (exact) mass is 225 g/mol. The van der Waals surface area contributed by atoms with E-state index < -0.39 is 0 Å². The van der Waals surface area contributed by atoms with Gasteiger partial charge in [0.15, 0.2) is 0 Å². The van der Waals surface area contributed by atoms with E-state index in [9.17, 15) is 0 Å². The standard InChI is InChI=1S/C9H4ClNS2/c10-7-1-5(4-11)2-8-6(7)3-9(12)13-8/h1-3,12H. The number of nitriles is 1. The molecule has 0 aliphatic rings. The Hall–Kier alpha value is -0.690. The van der Waals surface area contributed by atoms with E-state index in [1.807, 2.05) is 12.1 Å². The SMILES string of the molecule is N#Cc1cc(Cl)c2cc(S)sc2c1. The Balaban J connectivity index is 2.85. The molecule has 0 radical (unpaired) electrons. The van der Waals surface area contributed by atoms with Crippen molar-refractivity contribution >= 4 is 45.7 Å². The van der Waals surface area contributed by atoms with Crippen molar-refractivity contribution in [3.05, 3.63) is 28.8 Å². The Bertz CT molecular complexity index is 510. The fourth-order valence-electron chi connectivity index (χ4n) is 1.15. The Labute approximate surface area is 90.0 Å². The number of thiophene rings is 1. The largest absolute Gasteiger partial charge is 0.192 e. The summed E-state index contributed by atoms with van der Waals surface area (Å²) in [4.78, 5) is 0. The smallest absolute Gasteiger partial charge is 0.0992 e. The van der Waals surface area contributed by atoms with Gasteiger partial charge in [-0.25, -0.2) is 0 Å². The van der Waals surface area contributed by atoms with Gasteiger partial charge in [0.25, 0.3) is 0 Å². The molecular formula is C9H4ClNS2. The molecule has 2 rings (SSSR count). The van der Waals surface area contributed by atoms with Crippen LogP contribution in [0.2, 0.25) is 5.02 Å². The summed E-state index contributed by atoms with van der Waals surface area (Å²) in [5.41, 5.74) is 0.590. The predicted molar refractivity (Wildman–Crippen MR) is 58.8 cm³/mol. The molecule has 4 heteroatoms. The third kappa shape index (κ3) is 1.53. The van der Waals surface area contributed by atoms with E-state index in [-0.39, 0.29) is 0 Å². The maximum atomic E-state index is 8.71. The van der Waals surface area contributed by atoms with Crippen molar-refractivity contribution in [1.29, 1.82) is 5.26 Å². The second-order valence-corrected chi connectivity index (χ2v) is 4.84. The lowest BCUT2D eigenvalue weighted by Crippen LogP contribution is -1.73. The first-order chi connectivity index (χ1) is 6.20. The number of thiol groups is 1. The number of hydrogen-bond acceptors (Lipinski definition) is 3. The highest BCUT2D eigenvalue weighted by Gasteiger charge is 2.05. The summed E-state index contributed by atoms with van der Waals surface area (Å²) >= 11 is 11.7. The van der Waals surface area contributed by atoms with E-state index in [4.69, 9.17) is 16.9 Å². The van der Waals surface area contributed by atoms with E-state index in [1.165, 1.54) is 11.3 Å². The number of benzene rings is 1. The van der Waals surface area contributed by atoms with Crippen molar-refractivity contribution < 1.29 is 0 Å². The van der Waals surface area contributed by atoms with Crippen LogP contribution in [0.1, 0.15) is 5.56 Å². The van der Waals surface area contributed by atoms with Gasteiger partial charge >= 0.3 is 0 Å². The zero-order valence-corrected chi connectivity index (χ0v) is 8.88. The van der Waals surface area contributed by atoms with Crippen LogP contribution >= 0.6 is 35.6 Å². The minimum atomic E-state index is 0.590. The molecule has 13 heavy (non-hydrogen) atoms. The first kappa shape index (κ1) is 8.89. The summed E-state index contributed by atoms with van der Waals surface area (Å²) in [6.45, 7) is 0. The molecular weight excluding hydrogens is 222 g/mol. The number of rotatable bonds is 0. The lowest BCUT2D eigenvalue weighted by molar-refractivity contribution is 1.50. The molecule has 1 aromatic carbocycles. The number of fused-ring (bicyclic) bond motifs is 1. The van der Waals surface area contributed by atoms with Crippen LogP contribution in [0.25, 0.3) is 10.1 Å². The summed E-state index contributed by atoms with van der Waals surface area (Å²) in [6.07, 6.45) is 0. The first-order valence-corrected chi connectivity index (χ1v) is 5.17. The molecule has 0 amide bonds. The van der Waals surface area contributed by atoms with Gasteiger partial charge in [-0.3, -0.25) is 0 Å². The number of halogens is 1. The molecule has 1 heterocycles. The third-order valence-electron chi connectivity index (χ3n) is 1.70. The molecule has 0 unspecified atom stereocenters. The highest BCUT2D eigenvalue weighted by atomic mass is 35.5. The molecule has 0 atom stereocenters. The molecule has 0 aliphatic heterocycles. The van der Waals surface area contributed by atoms with Gasteiger partial charge in [-0.15, -0.1) is 24.0 Å². The topological polar surface area (TPSA) is 23.8 Å². The van der Waals surface area contributed by atoms with Crippen LogP contribution in [0.3, 0.4) is 0 Å². The van der Waals surface area contributed by atoms with Crippen LogP contribution in [0.4, 0.5) is 0 Å². The quantitative estimate of drug-likeness (QED) is 0.679. The Morgan fingerprint density at radius 3 is 2.85 bits per heavy atom. The highest BCUT2D eigenvalue weighted by Crippen LogP contribution is 2.33. The molecule has 0 fully saturated rings. The van der Waals surface area contributed by atoms with Crippen molar-refractivity contribution in [2.45, 2.75) is 4.21 Å². The Morgan fingerprint density at radius 1 is 1.38 bits per heavy atom. The first-order valence-electron chi connectivity index (χ1n) is 3.53. The van der Waals surface area contributed by atoms with Crippen molar-refractivity contribution in [3.8, 4) is 6.07 Å². The van der Waals surface area contributed by atoms with Gasteiger partial charge in [-0.2, -0.15) is 5.26 Å². The van der Waals surface area contributed by atoms with Crippen LogP contribution in [-0.4, -0.2) is 0 Å². The van der Waals surface area contributed by atoms with Gasteiger partial charge in [0, 0.05) is 10.1 Å². The zero-order chi connectivity index (χ0) is 9.42. The van der Waals surface area contributed by atoms with Crippen LogP contribution in [-0.2, 0) is 0 Å². The van der Waals surface area contributed by atoms with Gasteiger partial charge in [0.2, 0.25) is 0 Å². The third-order valence-corrected chi connectivity index (χ3v) is 3.30. The van der Waals surface area contributed by atoms with Crippen LogP contribution in [0.15, 0.2) is 22.4 Å². The van der Waals surface area contributed by atoms with Crippen molar-refractivity contribution in [2.24, 2.45) is 0 Å². The summed E-state index contributed by atoms with van der Waals surface area (Å²) in [5, 5.41) is 10.3. The number of hydrogen-bond donors (Lipinski definition) is 1. The van der Waals surface area contributed by atoms with Crippen molar-refractivity contribution in [1.82, 2.24) is 0 Å². The summed E-state index contributed by atoms with van der Waals surface area (Å²) in [5.74, 6) is 0. The average molecular weight is 226 g/mol. The molecule has 0 saturated carbocycles. The molecule has 0 spiro atoms. The molecule has 64 valence electrons. The lowest BCUT2D eigenvalue weighted by Gasteiger charge is -1.93. The molecule has 0 bridgehead atoms. The summed E-state index contributed by atoms with van der Waals surface area (Å²) in [7, 11) is 0. The van der Waals surface area contributed by atoms with E-state index >= 15 is 0 Å². The molecule has 1 nitrogen and oxygen atoms in total. The number of nitrogens with zero attached hydrogens (tertiary/aromatic N) is 1. The molecule has 0 saturated heterocycles. The van der Waals surface area contributed by atoms with Crippen LogP contribution < -0.4 is 0 Å². The molecule has 2 aromatic rings. The minimum Gasteiger partial charge on any atom is -0.192 e. The summed E-state index contributed by atoms with van der Waals surface area (Å²) < 4.78 is 1.92. The van der Waals surface area contributed by atoms with Crippen LogP contribution in [0, 0.1) is 11.3 Å². The predicted octanol–water partition coefficient (Wildman–Crippen LogP) is 3.72. The van der Waals surface area contributed by atoms with E-state index in [2.05, 4.69) is 18.7 Å². The minimum absolute atomic E-state index is 0.590. The van der Waals surface area contributed by atoms with Crippen molar-refractivity contribution in [2.75, 3.05) is 0 Å². The van der Waals surface area contributed by atoms with Crippen molar-refractivity contribution in [3.63, 3.8) is 0 Å². The normalized spacial score (nSPS) is 10.2. The Kier molecular flexibility index (Phi) is 2.20. The maximum absolute atomic E-state index is 8.71. The van der Waals surface area contributed by atoms with Gasteiger partial charge in [-0.05, 0) is 18.2 Å². The zero-order valence-electron chi connectivity index (χ0n) is 6.41. The Morgan fingerprint density at radius 2 is 2.15 bits per heavy atom. The maximum Gasteiger partial charge on any atom is 0.0992 e. The van der Waals surface area contributed by atoms with Gasteiger partial charge < -0.3 is 0 Å². The fourth-order valence-corrected chi connectivity index (χ4v) is 2.77. The fraction of sp³-hybridized carbons (Fsp3) is 0. The van der Waals surface area contributed by atoms with Gasteiger partial charge in [0.05, 0.1) is 20.9 Å². The molecule has 1 aromatic heterocycles. The van der Waals surface area contributed by atoms with E-state index in [0.717, 1.165) is 14.3 Å². The van der Waals surface area contributed by atoms with Gasteiger partial charge in [-0.1, -0.05) is 11.6 Å². The second kappa shape index (κ2) is 3.22. The second-order valence-electron chi connectivity index (χ2n) is 2.57. The molecule has 0 N–H and O–H groups in total. The average Bonchev–Trinajstić information content (AvgIpc) is 2.46. The molecule has 0 aliphatic carbocycles. The highest BCUT2D eigenvalue weighted by molar-refractivity contribution is 7.83. The van der Waals surface area contributed by atoms with Gasteiger partial charge in [0.1, 0.15) is 0 Å². The lowest BCUT2D eigenvalue weighted by atomic mass is 10.2. The van der Waals surface area contributed by atoms with Crippen LogP contribution in [0.5, 0.6) is 0 Å². The summed E-state index contributed by atoms with van der Waals surface area (Å²) in [6, 6.07) is 7.47. The van der Waals surface area contributed by atoms with E-state index in [0.29, 0.717) is 10.6 Å². The van der Waals surface area contributed by atoms with E-state index in [1.54, 1.807) is 6.07 Å².